The fourth-order valence-corrected chi connectivity index (χ4v) is 15.4. The largest absolute Gasteiger partial charge is 1.00 e. The van der Waals surface area contributed by atoms with Crippen molar-refractivity contribution in [2.75, 3.05) is 7.11 Å². The van der Waals surface area contributed by atoms with Crippen molar-refractivity contribution in [2.24, 2.45) is 0 Å². The van der Waals surface area contributed by atoms with Crippen LogP contribution in [0, 0.1) is 0 Å². The van der Waals surface area contributed by atoms with Crippen LogP contribution in [0.1, 0.15) is 0 Å². The minimum Gasteiger partial charge on any atom is -1.00 e. The third kappa shape index (κ3) is 3.83. The maximum atomic E-state index is 12.7. The van der Waals surface area contributed by atoms with Crippen LogP contribution in [0.15, 0.2) is 91.0 Å². The van der Waals surface area contributed by atoms with E-state index in [1.165, 1.54) is 20.2 Å². The van der Waals surface area contributed by atoms with Crippen LogP contribution >= 0.6 is 15.9 Å². The molecule has 0 fully saturated rings. The molecule has 0 amide bonds. The quantitative estimate of drug-likeness (QED) is 0.252. The first-order valence-electron chi connectivity index (χ1n) is 7.98. The maximum absolute atomic E-state index is 12.7. The van der Waals surface area contributed by atoms with Gasteiger partial charge in [0.1, 0.15) is 0 Å². The van der Waals surface area contributed by atoms with Crippen molar-refractivity contribution in [1.82, 2.24) is 0 Å². The van der Waals surface area contributed by atoms with Gasteiger partial charge in [-0.05, 0) is 0 Å². The Morgan fingerprint density at radius 1 is 0.769 bits per heavy atom. The van der Waals surface area contributed by atoms with Crippen LogP contribution in [0.4, 0.5) is 0 Å². The summed E-state index contributed by atoms with van der Waals surface area (Å²) in [6.45, 7) is 0. The summed E-state index contributed by atoms with van der Waals surface area (Å²) in [7, 11) is 1.45. The molecule has 5 heteroatoms. The Morgan fingerprint density at radius 2 is 1.08 bits per heavy atom. The van der Waals surface area contributed by atoms with E-state index in [4.69, 9.17) is 4.74 Å². The van der Waals surface area contributed by atoms with E-state index in [2.05, 4.69) is 52.3 Å². The second-order valence-electron chi connectivity index (χ2n) is 5.59. The standard InChI is InChI=1S/C21H19AsBrO2.BrH/c1-25-21(24)20(23)22(17-11-5-2-6-12-17,18-13-7-3-8-14-18)19-15-9-4-10-16-19;/h2-16,20H,1H3;1H/q+1;/p-1. The molecule has 3 rings (SSSR count). The van der Waals surface area contributed by atoms with Crippen molar-refractivity contribution in [3.05, 3.63) is 91.0 Å². The Kier molecular flexibility index (Phi) is 7.69. The fourth-order valence-electron chi connectivity index (χ4n) is 3.08. The van der Waals surface area contributed by atoms with Gasteiger partial charge in [-0.3, -0.25) is 0 Å². The second kappa shape index (κ2) is 9.55. The summed E-state index contributed by atoms with van der Waals surface area (Å²) in [6.07, 6.45) is 0. The van der Waals surface area contributed by atoms with Crippen molar-refractivity contribution in [3.8, 4) is 0 Å². The van der Waals surface area contributed by atoms with E-state index in [9.17, 15) is 4.79 Å². The van der Waals surface area contributed by atoms with Gasteiger partial charge in [0.05, 0.1) is 0 Å². The molecule has 1 unspecified atom stereocenters. The Morgan fingerprint density at radius 3 is 1.35 bits per heavy atom. The van der Waals surface area contributed by atoms with E-state index in [-0.39, 0.29) is 23.0 Å². The molecule has 0 aromatic heterocycles. The number of hydrogen-bond donors (Lipinski definition) is 0. The van der Waals surface area contributed by atoms with Crippen molar-refractivity contribution < 1.29 is 26.5 Å². The molecule has 0 spiro atoms. The molecule has 0 aliphatic rings. The molecule has 1 atom stereocenters. The molecular formula is C21H19AsBr2O2. The van der Waals surface area contributed by atoms with Crippen molar-refractivity contribution >= 4 is 48.5 Å². The number of carbonyl (C=O) groups excluding carboxylic acids is 1. The molecule has 0 bridgehead atoms. The summed E-state index contributed by atoms with van der Waals surface area (Å²) < 4.78 is 8.34. The summed E-state index contributed by atoms with van der Waals surface area (Å²) >= 11 is 0.602. The summed E-state index contributed by atoms with van der Waals surface area (Å²) in [6, 6.07) is 31.0. The molecule has 0 saturated carbocycles. The van der Waals surface area contributed by atoms with Crippen LogP contribution in [-0.2, 0) is 9.53 Å². The number of methoxy groups -OCH3 is 1. The number of halogens is 2. The number of carbonyl (C=O) groups is 1. The SMILES string of the molecule is COC(=O)C(Br)[As+](c1ccccc1)(c1ccccc1)c1ccccc1.[Br-]. The molecule has 2 nitrogen and oxygen atoms in total. The van der Waals surface area contributed by atoms with Gasteiger partial charge in [-0.1, -0.05) is 0 Å². The normalized spacial score (nSPS) is 11.9. The van der Waals surface area contributed by atoms with Gasteiger partial charge in [-0.2, -0.15) is 0 Å². The minimum atomic E-state index is -3.14. The predicted molar refractivity (Wildman–Crippen MR) is 109 cm³/mol. The van der Waals surface area contributed by atoms with Gasteiger partial charge in [0, 0.05) is 0 Å². The zero-order valence-electron chi connectivity index (χ0n) is 14.3. The molecule has 134 valence electrons. The summed E-state index contributed by atoms with van der Waals surface area (Å²) in [5.74, 6) is -0.232. The van der Waals surface area contributed by atoms with Crippen molar-refractivity contribution in [2.45, 2.75) is 3.61 Å². The summed E-state index contributed by atoms with van der Waals surface area (Å²) in [5, 5.41) is 0. The van der Waals surface area contributed by atoms with Crippen LogP contribution in [-0.4, -0.2) is 30.2 Å². The number of benzene rings is 3. The van der Waals surface area contributed by atoms with E-state index < -0.39 is 17.2 Å². The van der Waals surface area contributed by atoms with Crippen LogP contribution in [0.3, 0.4) is 0 Å². The molecule has 0 aliphatic carbocycles. The van der Waals surface area contributed by atoms with Gasteiger partial charge in [0.25, 0.3) is 0 Å². The van der Waals surface area contributed by atoms with Crippen molar-refractivity contribution in [3.63, 3.8) is 0 Å². The zero-order valence-corrected chi connectivity index (χ0v) is 19.3. The number of ether oxygens (including phenoxy) is 1. The first-order valence-corrected chi connectivity index (χ1v) is 12.8. The predicted octanol–water partition coefficient (Wildman–Crippen LogP) is -0.363. The van der Waals surface area contributed by atoms with Crippen LogP contribution in [0.2, 0.25) is 0 Å². The van der Waals surface area contributed by atoms with Crippen LogP contribution < -0.4 is 30.0 Å². The minimum absolute atomic E-state index is 0. The number of hydrogen-bond acceptors (Lipinski definition) is 2. The van der Waals surface area contributed by atoms with Gasteiger partial charge >= 0.3 is 160 Å². The smallest absolute Gasteiger partial charge is 1.00 e. The zero-order chi connectivity index (χ0) is 17.7. The first-order chi connectivity index (χ1) is 12.2. The molecule has 0 radical (unpaired) electrons. The molecular weight excluding hydrogens is 519 g/mol. The number of esters is 1. The average molecular weight is 538 g/mol. The molecule has 0 aliphatic heterocycles. The molecule has 0 saturated heterocycles. The van der Waals surface area contributed by atoms with Gasteiger partial charge in [-0.25, -0.2) is 0 Å². The number of rotatable bonds is 5. The molecule has 0 N–H and O–H groups in total. The van der Waals surface area contributed by atoms with E-state index in [1.807, 2.05) is 54.6 Å². The summed E-state index contributed by atoms with van der Waals surface area (Å²) in [5.41, 5.74) is 0. The second-order valence-corrected chi connectivity index (χ2v) is 15.4. The maximum Gasteiger partial charge on any atom is -1.00 e. The van der Waals surface area contributed by atoms with Gasteiger partial charge < -0.3 is 17.0 Å². The Labute approximate surface area is 175 Å². The van der Waals surface area contributed by atoms with Gasteiger partial charge in [-0.15, -0.1) is 0 Å². The molecule has 0 heterocycles. The van der Waals surface area contributed by atoms with E-state index in [0.29, 0.717) is 0 Å². The van der Waals surface area contributed by atoms with E-state index in [0.717, 1.165) is 0 Å². The third-order valence-corrected chi connectivity index (χ3v) is 16.7. The number of alkyl halides is 1. The molecule has 26 heavy (non-hydrogen) atoms. The Balaban J connectivity index is 0.00000243. The van der Waals surface area contributed by atoms with Crippen LogP contribution in [0.25, 0.3) is 0 Å². The third-order valence-electron chi connectivity index (χ3n) is 4.23. The monoisotopic (exact) mass is 536 g/mol. The Bertz CT molecular complexity index is 730. The van der Waals surface area contributed by atoms with E-state index in [1.54, 1.807) is 0 Å². The van der Waals surface area contributed by atoms with Crippen LogP contribution in [0.5, 0.6) is 0 Å². The van der Waals surface area contributed by atoms with E-state index >= 15 is 0 Å². The topological polar surface area (TPSA) is 26.3 Å². The van der Waals surface area contributed by atoms with Gasteiger partial charge in [0.2, 0.25) is 0 Å². The van der Waals surface area contributed by atoms with Crippen molar-refractivity contribution in [1.29, 1.82) is 0 Å². The average Bonchev–Trinajstić information content (AvgIpc) is 2.70. The first kappa shape index (κ1) is 21.0. The van der Waals surface area contributed by atoms with Gasteiger partial charge in [0.15, 0.2) is 0 Å². The fraction of sp³-hybridized carbons (Fsp3) is 0.0952. The summed E-state index contributed by atoms with van der Waals surface area (Å²) in [4.78, 5) is 12.7. The molecule has 3 aromatic rings. The molecule has 3 aromatic carbocycles. The Hall–Kier alpha value is -1.35.